The van der Waals surface area contributed by atoms with Gasteiger partial charge >= 0.3 is 0 Å². The lowest BCUT2D eigenvalue weighted by Gasteiger charge is -2.07. The summed E-state index contributed by atoms with van der Waals surface area (Å²) in [5, 5.41) is 0.729. The summed E-state index contributed by atoms with van der Waals surface area (Å²) < 4.78 is 0. The highest BCUT2D eigenvalue weighted by atomic mass is 35.5. The van der Waals surface area contributed by atoms with Crippen molar-refractivity contribution < 1.29 is 4.79 Å². The third-order valence-corrected chi connectivity index (χ3v) is 3.35. The molecule has 1 fully saturated rings. The summed E-state index contributed by atoms with van der Waals surface area (Å²) in [4.78, 5) is 11.9. The molecule has 2 heteroatoms. The topological polar surface area (TPSA) is 17.1 Å². The van der Waals surface area contributed by atoms with Crippen LogP contribution in [0.3, 0.4) is 0 Å². The molecule has 0 aromatic heterocycles. The van der Waals surface area contributed by atoms with Crippen LogP contribution in [-0.2, 0) is 11.2 Å². The number of benzene rings is 1. The van der Waals surface area contributed by atoms with E-state index in [4.69, 9.17) is 11.6 Å². The molecule has 0 heterocycles. The number of carbonyl (C=O) groups excluding carboxylic acids is 1. The summed E-state index contributed by atoms with van der Waals surface area (Å²) in [6, 6.07) is 7.57. The van der Waals surface area contributed by atoms with Gasteiger partial charge in [-0.15, -0.1) is 0 Å². The van der Waals surface area contributed by atoms with Crippen molar-refractivity contribution in [2.24, 2.45) is 5.92 Å². The van der Waals surface area contributed by atoms with Crippen LogP contribution in [0, 0.1) is 5.92 Å². The average Bonchev–Trinajstić information content (AvgIpc) is 2.74. The number of ketones is 1. The number of Topliss-reactive ketones (excluding diaryl/α,β-unsaturated/α-hetero) is 1. The third-order valence-electron chi connectivity index (χ3n) is 3.10. The minimum absolute atomic E-state index is 0.320. The number of hydrogen-bond donors (Lipinski definition) is 0. The van der Waals surface area contributed by atoms with Crippen LogP contribution in [0.15, 0.2) is 24.3 Å². The Kier molecular flexibility index (Phi) is 3.42. The highest BCUT2D eigenvalue weighted by Crippen LogP contribution is 2.26. The van der Waals surface area contributed by atoms with Gasteiger partial charge in [-0.1, -0.05) is 36.6 Å². The van der Waals surface area contributed by atoms with Gasteiger partial charge in [-0.2, -0.15) is 0 Å². The van der Waals surface area contributed by atoms with Gasteiger partial charge in [0.1, 0.15) is 5.78 Å². The largest absolute Gasteiger partial charge is 0.299 e. The Morgan fingerprint density at radius 3 is 2.40 bits per heavy atom. The molecule has 1 saturated carbocycles. The number of carbonyl (C=O) groups is 1. The zero-order valence-electron chi connectivity index (χ0n) is 8.71. The normalized spacial score (nSPS) is 16.9. The predicted molar refractivity (Wildman–Crippen MR) is 62.1 cm³/mol. The van der Waals surface area contributed by atoms with Gasteiger partial charge in [-0.3, -0.25) is 4.79 Å². The van der Waals surface area contributed by atoms with Gasteiger partial charge < -0.3 is 0 Å². The van der Waals surface area contributed by atoms with Crippen molar-refractivity contribution in [1.29, 1.82) is 0 Å². The molecule has 0 spiro atoms. The fourth-order valence-electron chi connectivity index (χ4n) is 2.20. The average molecular weight is 223 g/mol. The highest BCUT2D eigenvalue weighted by Gasteiger charge is 2.22. The SMILES string of the molecule is O=C(Cc1ccc(Cl)cc1)C1CCCC1. The Morgan fingerprint density at radius 2 is 1.80 bits per heavy atom. The molecule has 0 unspecified atom stereocenters. The first-order valence-corrected chi connectivity index (χ1v) is 5.90. The van der Waals surface area contributed by atoms with E-state index in [0.717, 1.165) is 23.4 Å². The van der Waals surface area contributed by atoms with Gasteiger partial charge in [0.15, 0.2) is 0 Å². The van der Waals surface area contributed by atoms with Crippen LogP contribution in [0.5, 0.6) is 0 Å². The van der Waals surface area contributed by atoms with Crippen LogP contribution < -0.4 is 0 Å². The monoisotopic (exact) mass is 222 g/mol. The van der Waals surface area contributed by atoms with Crippen LogP contribution in [-0.4, -0.2) is 5.78 Å². The summed E-state index contributed by atoms with van der Waals surface area (Å²) in [7, 11) is 0. The number of halogens is 1. The Morgan fingerprint density at radius 1 is 1.20 bits per heavy atom. The molecule has 1 aromatic rings. The van der Waals surface area contributed by atoms with Gasteiger partial charge in [0, 0.05) is 17.4 Å². The van der Waals surface area contributed by atoms with E-state index in [1.165, 1.54) is 12.8 Å². The lowest BCUT2D eigenvalue weighted by atomic mass is 9.97. The highest BCUT2D eigenvalue weighted by molar-refractivity contribution is 6.30. The summed E-state index contributed by atoms with van der Waals surface area (Å²) in [5.41, 5.74) is 1.08. The van der Waals surface area contributed by atoms with E-state index in [0.29, 0.717) is 18.1 Å². The second-order valence-corrected chi connectivity index (χ2v) is 4.69. The van der Waals surface area contributed by atoms with E-state index >= 15 is 0 Å². The zero-order chi connectivity index (χ0) is 10.7. The van der Waals surface area contributed by atoms with Gasteiger partial charge in [-0.05, 0) is 30.5 Å². The van der Waals surface area contributed by atoms with E-state index in [1.54, 1.807) is 0 Å². The van der Waals surface area contributed by atoms with Gasteiger partial charge in [-0.25, -0.2) is 0 Å². The summed E-state index contributed by atoms with van der Waals surface area (Å²) in [5.74, 6) is 0.718. The lowest BCUT2D eigenvalue weighted by molar-refractivity contribution is -0.122. The lowest BCUT2D eigenvalue weighted by Crippen LogP contribution is -2.13. The summed E-state index contributed by atoms with van der Waals surface area (Å²) >= 11 is 5.79. The first kappa shape index (κ1) is 10.7. The van der Waals surface area contributed by atoms with Gasteiger partial charge in [0.05, 0.1) is 0 Å². The molecule has 0 saturated heterocycles. The summed E-state index contributed by atoms with van der Waals surface area (Å²) in [6.07, 6.45) is 5.19. The van der Waals surface area contributed by atoms with Crippen LogP contribution in [0.2, 0.25) is 5.02 Å². The molecule has 1 aliphatic carbocycles. The first-order chi connectivity index (χ1) is 7.25. The molecule has 80 valence electrons. The van der Waals surface area contributed by atoms with E-state index in [-0.39, 0.29) is 0 Å². The quantitative estimate of drug-likeness (QED) is 0.763. The van der Waals surface area contributed by atoms with Gasteiger partial charge in [0.2, 0.25) is 0 Å². The van der Waals surface area contributed by atoms with Crippen molar-refractivity contribution in [2.45, 2.75) is 32.1 Å². The van der Waals surface area contributed by atoms with E-state index in [9.17, 15) is 4.79 Å². The van der Waals surface area contributed by atoms with E-state index in [2.05, 4.69) is 0 Å². The van der Waals surface area contributed by atoms with Crippen molar-refractivity contribution in [3.05, 3.63) is 34.9 Å². The predicted octanol–water partition coefficient (Wildman–Crippen LogP) is 3.64. The van der Waals surface area contributed by atoms with Crippen LogP contribution >= 0.6 is 11.6 Å². The minimum atomic E-state index is 0.320. The van der Waals surface area contributed by atoms with Crippen LogP contribution in [0.4, 0.5) is 0 Å². The van der Waals surface area contributed by atoms with Crippen molar-refractivity contribution >= 4 is 17.4 Å². The molecular formula is C13H15ClO. The van der Waals surface area contributed by atoms with Crippen molar-refractivity contribution in [1.82, 2.24) is 0 Å². The molecule has 0 radical (unpaired) electrons. The smallest absolute Gasteiger partial charge is 0.140 e. The molecule has 1 nitrogen and oxygen atoms in total. The standard InChI is InChI=1S/C13H15ClO/c14-12-7-5-10(6-8-12)9-13(15)11-3-1-2-4-11/h5-8,11H,1-4,9H2. The second-order valence-electron chi connectivity index (χ2n) is 4.25. The van der Waals surface area contributed by atoms with Gasteiger partial charge in [0.25, 0.3) is 0 Å². The Hall–Kier alpha value is -0.820. The molecular weight excluding hydrogens is 208 g/mol. The molecule has 0 N–H and O–H groups in total. The fraction of sp³-hybridized carbons (Fsp3) is 0.462. The maximum atomic E-state index is 11.9. The maximum absolute atomic E-state index is 11.9. The second kappa shape index (κ2) is 4.80. The minimum Gasteiger partial charge on any atom is -0.299 e. The molecule has 0 bridgehead atoms. The first-order valence-electron chi connectivity index (χ1n) is 5.53. The van der Waals surface area contributed by atoms with E-state index < -0.39 is 0 Å². The van der Waals surface area contributed by atoms with Crippen molar-refractivity contribution in [3.8, 4) is 0 Å². The Bertz CT molecular complexity index is 336. The fourth-order valence-corrected chi connectivity index (χ4v) is 2.32. The third kappa shape index (κ3) is 2.82. The van der Waals surface area contributed by atoms with Crippen LogP contribution in [0.1, 0.15) is 31.2 Å². The molecule has 0 aliphatic heterocycles. The Balaban J connectivity index is 1.96. The van der Waals surface area contributed by atoms with Crippen LogP contribution in [0.25, 0.3) is 0 Å². The van der Waals surface area contributed by atoms with Crippen molar-refractivity contribution in [3.63, 3.8) is 0 Å². The molecule has 0 atom stereocenters. The van der Waals surface area contributed by atoms with E-state index in [1.807, 2.05) is 24.3 Å². The number of hydrogen-bond acceptors (Lipinski definition) is 1. The van der Waals surface area contributed by atoms with Crippen molar-refractivity contribution in [2.75, 3.05) is 0 Å². The molecule has 1 aliphatic rings. The maximum Gasteiger partial charge on any atom is 0.140 e. The summed E-state index contributed by atoms with van der Waals surface area (Å²) in [6.45, 7) is 0. The Labute approximate surface area is 95.4 Å². The number of rotatable bonds is 3. The molecule has 15 heavy (non-hydrogen) atoms. The molecule has 2 rings (SSSR count). The molecule has 0 amide bonds. The molecule has 1 aromatic carbocycles. The zero-order valence-corrected chi connectivity index (χ0v) is 9.46.